The Morgan fingerprint density at radius 2 is 2.15 bits per heavy atom. The highest BCUT2D eigenvalue weighted by Gasteiger charge is 2.47. The molecule has 2 atom stereocenters. The van der Waals surface area contributed by atoms with E-state index in [4.69, 9.17) is 4.74 Å². The number of methoxy groups -OCH3 is 1. The molecular formula is C16H22N2O2. The number of fused-ring (bicyclic) bond motifs is 1. The van der Waals surface area contributed by atoms with Gasteiger partial charge in [0.15, 0.2) is 0 Å². The smallest absolute Gasteiger partial charge is 0.331 e. The van der Waals surface area contributed by atoms with E-state index in [1.807, 2.05) is 30.3 Å². The van der Waals surface area contributed by atoms with Gasteiger partial charge in [0.25, 0.3) is 0 Å². The third-order valence-electron chi connectivity index (χ3n) is 4.64. The number of hydrogen-bond donors (Lipinski definition) is 1. The van der Waals surface area contributed by atoms with Crippen LogP contribution in [0.5, 0.6) is 0 Å². The number of anilines is 1. The summed E-state index contributed by atoms with van der Waals surface area (Å²) < 4.78 is 5.09. The number of nitrogens with one attached hydrogen (secondary N) is 1. The van der Waals surface area contributed by atoms with Crippen LogP contribution in [-0.4, -0.2) is 42.6 Å². The quantitative estimate of drug-likeness (QED) is 0.859. The largest absolute Gasteiger partial charge is 0.467 e. The van der Waals surface area contributed by atoms with Gasteiger partial charge in [-0.2, -0.15) is 0 Å². The molecular weight excluding hydrogens is 252 g/mol. The van der Waals surface area contributed by atoms with Crippen LogP contribution in [0.3, 0.4) is 0 Å². The minimum Gasteiger partial charge on any atom is -0.467 e. The van der Waals surface area contributed by atoms with Crippen molar-refractivity contribution >= 4 is 11.7 Å². The Bertz CT molecular complexity index is 477. The zero-order chi connectivity index (χ0) is 14.0. The monoisotopic (exact) mass is 274 g/mol. The fraction of sp³-hybridized carbons (Fsp3) is 0.562. The number of esters is 1. The van der Waals surface area contributed by atoms with Gasteiger partial charge >= 0.3 is 5.97 Å². The summed E-state index contributed by atoms with van der Waals surface area (Å²) in [5.41, 5.74) is 0.422. The molecule has 0 spiro atoms. The van der Waals surface area contributed by atoms with Gasteiger partial charge in [0, 0.05) is 18.3 Å². The van der Waals surface area contributed by atoms with Crippen molar-refractivity contribution in [2.75, 3.05) is 25.5 Å². The highest BCUT2D eigenvalue weighted by Crippen LogP contribution is 2.36. The maximum absolute atomic E-state index is 12.4. The Labute approximate surface area is 120 Å². The number of rotatable bonds is 3. The molecule has 0 saturated carbocycles. The topological polar surface area (TPSA) is 41.6 Å². The predicted molar refractivity (Wildman–Crippen MR) is 78.6 cm³/mol. The highest BCUT2D eigenvalue weighted by molar-refractivity contribution is 5.84. The van der Waals surface area contributed by atoms with E-state index in [-0.39, 0.29) is 5.97 Å². The van der Waals surface area contributed by atoms with Crippen LogP contribution in [0.1, 0.15) is 25.7 Å². The molecule has 0 aromatic heterocycles. The zero-order valence-electron chi connectivity index (χ0n) is 12.0. The Morgan fingerprint density at radius 1 is 1.35 bits per heavy atom. The number of piperidine rings is 1. The number of nitrogens with zero attached hydrogens (tertiary/aromatic N) is 1. The first-order chi connectivity index (χ1) is 9.73. The molecule has 20 heavy (non-hydrogen) atoms. The Kier molecular flexibility index (Phi) is 3.66. The molecule has 0 radical (unpaired) electrons. The summed E-state index contributed by atoms with van der Waals surface area (Å²) in [5, 5.41) is 3.46. The summed E-state index contributed by atoms with van der Waals surface area (Å²) >= 11 is 0. The molecule has 2 heterocycles. The van der Waals surface area contributed by atoms with E-state index in [2.05, 4.69) is 10.2 Å². The number of ether oxygens (including phenoxy) is 1. The number of carbonyl (C=O) groups excluding carboxylic acids is 1. The molecule has 0 bridgehead atoms. The van der Waals surface area contributed by atoms with Crippen LogP contribution >= 0.6 is 0 Å². The molecule has 108 valence electrons. The van der Waals surface area contributed by atoms with Crippen molar-refractivity contribution in [3.05, 3.63) is 30.3 Å². The maximum Gasteiger partial charge on any atom is 0.331 e. The second-order valence-corrected chi connectivity index (χ2v) is 5.85. The minimum atomic E-state index is -0.568. The van der Waals surface area contributed by atoms with E-state index in [1.54, 1.807) is 0 Å². The van der Waals surface area contributed by atoms with Crippen LogP contribution in [0, 0.1) is 0 Å². The fourth-order valence-corrected chi connectivity index (χ4v) is 3.60. The molecule has 4 nitrogen and oxygen atoms in total. The molecule has 2 aliphatic rings. The number of carbonyl (C=O) groups is 1. The van der Waals surface area contributed by atoms with E-state index < -0.39 is 5.54 Å². The Morgan fingerprint density at radius 3 is 2.90 bits per heavy atom. The van der Waals surface area contributed by atoms with Crippen molar-refractivity contribution < 1.29 is 9.53 Å². The average molecular weight is 274 g/mol. The van der Waals surface area contributed by atoms with Gasteiger partial charge in [-0.3, -0.25) is 0 Å². The molecule has 2 saturated heterocycles. The molecule has 2 unspecified atom stereocenters. The summed E-state index contributed by atoms with van der Waals surface area (Å²) in [7, 11) is 1.48. The van der Waals surface area contributed by atoms with E-state index in [0.717, 1.165) is 25.1 Å². The van der Waals surface area contributed by atoms with Gasteiger partial charge in [-0.1, -0.05) is 18.2 Å². The molecule has 1 aromatic rings. The van der Waals surface area contributed by atoms with E-state index in [0.29, 0.717) is 6.04 Å². The van der Waals surface area contributed by atoms with Crippen molar-refractivity contribution in [3.63, 3.8) is 0 Å². The molecule has 1 N–H and O–H groups in total. The Balaban J connectivity index is 1.83. The summed E-state index contributed by atoms with van der Waals surface area (Å²) in [6.45, 7) is 2.15. The summed E-state index contributed by atoms with van der Waals surface area (Å²) in [5.74, 6) is -0.132. The van der Waals surface area contributed by atoms with Crippen molar-refractivity contribution in [2.24, 2.45) is 0 Å². The first-order valence-electron chi connectivity index (χ1n) is 7.39. The lowest BCUT2D eigenvalue weighted by molar-refractivity contribution is -0.148. The van der Waals surface area contributed by atoms with Gasteiger partial charge in [0.05, 0.1) is 7.11 Å². The molecule has 2 fully saturated rings. The summed E-state index contributed by atoms with van der Waals surface area (Å²) in [4.78, 5) is 14.9. The molecule has 0 amide bonds. The fourth-order valence-electron chi connectivity index (χ4n) is 3.60. The van der Waals surface area contributed by atoms with Crippen molar-refractivity contribution in [3.8, 4) is 0 Å². The lowest BCUT2D eigenvalue weighted by Gasteiger charge is -2.43. The van der Waals surface area contributed by atoms with Crippen LogP contribution in [-0.2, 0) is 9.53 Å². The van der Waals surface area contributed by atoms with Crippen LogP contribution in [0.25, 0.3) is 0 Å². The second-order valence-electron chi connectivity index (χ2n) is 5.85. The van der Waals surface area contributed by atoms with Crippen LogP contribution in [0.15, 0.2) is 30.3 Å². The predicted octanol–water partition coefficient (Wildman–Crippen LogP) is 2.27. The van der Waals surface area contributed by atoms with E-state index in [1.165, 1.54) is 26.5 Å². The Hall–Kier alpha value is -1.55. The van der Waals surface area contributed by atoms with Gasteiger partial charge in [-0.15, -0.1) is 0 Å². The standard InChI is InChI=1S/C16H22N2O2/c1-20-15(19)16(17-13-6-3-2-4-7-13)9-11-18-10-5-8-14(18)12-16/h2-4,6-7,14,17H,5,8-12H2,1H3. The minimum absolute atomic E-state index is 0.132. The van der Waals surface area contributed by atoms with Gasteiger partial charge in [0.2, 0.25) is 0 Å². The molecule has 0 aliphatic carbocycles. The first-order valence-corrected chi connectivity index (χ1v) is 7.39. The third-order valence-corrected chi connectivity index (χ3v) is 4.64. The average Bonchev–Trinajstić information content (AvgIpc) is 2.94. The van der Waals surface area contributed by atoms with E-state index >= 15 is 0 Å². The molecule has 4 heteroatoms. The van der Waals surface area contributed by atoms with Crippen LogP contribution in [0.4, 0.5) is 5.69 Å². The SMILES string of the molecule is COC(=O)C1(Nc2ccccc2)CCN2CCCC2C1. The molecule has 3 rings (SSSR count). The number of benzene rings is 1. The molecule has 2 aliphatic heterocycles. The van der Waals surface area contributed by atoms with Gasteiger partial charge < -0.3 is 15.0 Å². The second kappa shape index (κ2) is 5.44. The summed E-state index contributed by atoms with van der Waals surface area (Å²) in [6.07, 6.45) is 4.09. The highest BCUT2D eigenvalue weighted by atomic mass is 16.5. The lowest BCUT2D eigenvalue weighted by Crippen LogP contribution is -2.57. The lowest BCUT2D eigenvalue weighted by atomic mass is 9.83. The summed E-state index contributed by atoms with van der Waals surface area (Å²) in [6, 6.07) is 10.5. The van der Waals surface area contributed by atoms with Crippen molar-refractivity contribution in [2.45, 2.75) is 37.3 Å². The number of hydrogen-bond acceptors (Lipinski definition) is 4. The number of para-hydroxylation sites is 1. The van der Waals surface area contributed by atoms with Crippen LogP contribution < -0.4 is 5.32 Å². The van der Waals surface area contributed by atoms with Gasteiger partial charge in [-0.25, -0.2) is 4.79 Å². The zero-order valence-corrected chi connectivity index (χ0v) is 12.0. The maximum atomic E-state index is 12.4. The third kappa shape index (κ3) is 2.40. The van der Waals surface area contributed by atoms with Gasteiger partial charge in [-0.05, 0) is 44.4 Å². The van der Waals surface area contributed by atoms with Crippen molar-refractivity contribution in [1.82, 2.24) is 4.90 Å². The normalized spacial score (nSPS) is 29.8. The van der Waals surface area contributed by atoms with E-state index in [9.17, 15) is 4.79 Å². The van der Waals surface area contributed by atoms with Crippen LogP contribution in [0.2, 0.25) is 0 Å². The van der Waals surface area contributed by atoms with Crippen molar-refractivity contribution in [1.29, 1.82) is 0 Å². The molecule has 1 aromatic carbocycles. The van der Waals surface area contributed by atoms with Gasteiger partial charge in [0.1, 0.15) is 5.54 Å². The first kappa shape index (κ1) is 13.4.